The van der Waals surface area contributed by atoms with Gasteiger partial charge in [-0.15, -0.1) is 0 Å². The first kappa shape index (κ1) is 9.67. The van der Waals surface area contributed by atoms with E-state index in [-0.39, 0.29) is 11.7 Å². The van der Waals surface area contributed by atoms with Gasteiger partial charge in [0.15, 0.2) is 0 Å². The van der Waals surface area contributed by atoms with E-state index in [4.69, 9.17) is 0 Å². The second kappa shape index (κ2) is 4.57. The van der Waals surface area contributed by atoms with Crippen LogP contribution < -0.4 is 10.6 Å². The van der Waals surface area contributed by atoms with Gasteiger partial charge in [0.25, 0.3) is 0 Å². The number of hydrogen-bond donors (Lipinski definition) is 2. The standard InChI is InChI=1S/C7H14N2O2S/c1-12(11)5-7(10)9-4-6-2-8-3-6/h6,8H,2-5H2,1H3,(H,9,10). The maximum Gasteiger partial charge on any atom is 0.232 e. The van der Waals surface area contributed by atoms with Crippen molar-refractivity contribution in [3.63, 3.8) is 0 Å². The lowest BCUT2D eigenvalue weighted by molar-refractivity contribution is -0.118. The van der Waals surface area contributed by atoms with Gasteiger partial charge >= 0.3 is 0 Å². The highest BCUT2D eigenvalue weighted by Crippen LogP contribution is 1.99. The Morgan fingerprint density at radius 1 is 1.67 bits per heavy atom. The van der Waals surface area contributed by atoms with Crippen LogP contribution in [0.25, 0.3) is 0 Å². The van der Waals surface area contributed by atoms with Crippen molar-refractivity contribution in [2.45, 2.75) is 0 Å². The highest BCUT2D eigenvalue weighted by atomic mass is 32.2. The second-order valence-electron chi connectivity index (χ2n) is 3.05. The summed E-state index contributed by atoms with van der Waals surface area (Å²) in [5.74, 6) is 0.585. The Kier molecular flexibility index (Phi) is 3.68. The van der Waals surface area contributed by atoms with Crippen molar-refractivity contribution in [3.8, 4) is 0 Å². The summed E-state index contributed by atoms with van der Waals surface area (Å²) in [7, 11) is -1.02. The van der Waals surface area contributed by atoms with Gasteiger partial charge in [0.2, 0.25) is 5.91 Å². The highest BCUT2D eigenvalue weighted by molar-refractivity contribution is 7.85. The number of rotatable bonds is 4. The minimum atomic E-state index is -1.02. The molecule has 1 amide bonds. The van der Waals surface area contributed by atoms with Crippen molar-refractivity contribution in [1.29, 1.82) is 0 Å². The van der Waals surface area contributed by atoms with Gasteiger partial charge in [-0.05, 0) is 0 Å². The predicted octanol–water partition coefficient (Wildman–Crippen LogP) is -1.30. The van der Waals surface area contributed by atoms with Crippen LogP contribution in [0.1, 0.15) is 0 Å². The van der Waals surface area contributed by atoms with E-state index < -0.39 is 10.8 Å². The van der Waals surface area contributed by atoms with Crippen LogP contribution in [0.15, 0.2) is 0 Å². The molecule has 0 bridgehead atoms. The van der Waals surface area contributed by atoms with E-state index in [0.29, 0.717) is 12.5 Å². The molecular formula is C7H14N2O2S. The smallest absolute Gasteiger partial charge is 0.232 e. The molecule has 12 heavy (non-hydrogen) atoms. The molecule has 1 rings (SSSR count). The monoisotopic (exact) mass is 190 g/mol. The van der Waals surface area contributed by atoms with Gasteiger partial charge in [0.05, 0.1) is 0 Å². The van der Waals surface area contributed by atoms with Gasteiger partial charge in [-0.1, -0.05) is 0 Å². The molecule has 1 aliphatic heterocycles. The van der Waals surface area contributed by atoms with Gasteiger partial charge in [0, 0.05) is 42.6 Å². The summed E-state index contributed by atoms with van der Waals surface area (Å²) in [5, 5.41) is 5.86. The van der Waals surface area contributed by atoms with Crippen molar-refractivity contribution in [2.24, 2.45) is 5.92 Å². The van der Waals surface area contributed by atoms with Crippen LogP contribution in [-0.4, -0.2) is 41.8 Å². The Balaban J connectivity index is 2.05. The summed E-state index contributed by atoms with van der Waals surface area (Å²) in [4.78, 5) is 11.0. The third-order valence-electron chi connectivity index (χ3n) is 1.79. The second-order valence-corrected chi connectivity index (χ2v) is 4.48. The normalized spacial score (nSPS) is 19.8. The zero-order valence-corrected chi connectivity index (χ0v) is 7.95. The SMILES string of the molecule is CS(=O)CC(=O)NCC1CNC1. The fraction of sp³-hybridized carbons (Fsp3) is 0.857. The number of carbonyl (C=O) groups excluding carboxylic acids is 1. The largest absolute Gasteiger partial charge is 0.355 e. The molecule has 0 aromatic heterocycles. The Hall–Kier alpha value is -0.420. The number of nitrogens with one attached hydrogen (secondary N) is 2. The first-order chi connectivity index (χ1) is 5.68. The third kappa shape index (κ3) is 3.32. The number of carbonyl (C=O) groups is 1. The van der Waals surface area contributed by atoms with Crippen LogP contribution in [0.5, 0.6) is 0 Å². The molecule has 0 aliphatic carbocycles. The van der Waals surface area contributed by atoms with E-state index in [2.05, 4.69) is 10.6 Å². The molecule has 1 heterocycles. The van der Waals surface area contributed by atoms with Crippen molar-refractivity contribution < 1.29 is 9.00 Å². The number of hydrogen-bond acceptors (Lipinski definition) is 3. The first-order valence-electron chi connectivity index (χ1n) is 3.96. The molecule has 1 atom stereocenters. The van der Waals surface area contributed by atoms with E-state index in [1.54, 1.807) is 0 Å². The predicted molar refractivity (Wildman–Crippen MR) is 48.3 cm³/mol. The molecule has 1 fully saturated rings. The van der Waals surface area contributed by atoms with Gasteiger partial charge in [-0.3, -0.25) is 9.00 Å². The molecule has 0 saturated carbocycles. The topological polar surface area (TPSA) is 58.2 Å². The van der Waals surface area contributed by atoms with Crippen LogP contribution in [0.2, 0.25) is 0 Å². The zero-order chi connectivity index (χ0) is 8.97. The molecule has 0 aromatic carbocycles. The van der Waals surface area contributed by atoms with Gasteiger partial charge in [-0.25, -0.2) is 0 Å². The lowest BCUT2D eigenvalue weighted by atomic mass is 10.0. The lowest BCUT2D eigenvalue weighted by Crippen LogP contribution is -2.48. The fourth-order valence-electron chi connectivity index (χ4n) is 0.987. The average Bonchev–Trinajstić information content (AvgIpc) is 1.81. The van der Waals surface area contributed by atoms with Crippen LogP contribution in [0.3, 0.4) is 0 Å². The molecule has 5 heteroatoms. The van der Waals surface area contributed by atoms with E-state index in [9.17, 15) is 9.00 Å². The Morgan fingerprint density at radius 2 is 2.33 bits per heavy atom. The van der Waals surface area contributed by atoms with Gasteiger partial charge < -0.3 is 10.6 Å². The van der Waals surface area contributed by atoms with Crippen molar-refractivity contribution in [2.75, 3.05) is 31.6 Å². The van der Waals surface area contributed by atoms with Crippen LogP contribution in [0.4, 0.5) is 0 Å². The third-order valence-corrected chi connectivity index (χ3v) is 2.46. The van der Waals surface area contributed by atoms with E-state index in [0.717, 1.165) is 13.1 Å². The summed E-state index contributed by atoms with van der Waals surface area (Å²) in [6.45, 7) is 2.67. The fourth-order valence-corrected chi connectivity index (χ4v) is 1.46. The zero-order valence-electron chi connectivity index (χ0n) is 7.13. The summed E-state index contributed by atoms with van der Waals surface area (Å²) in [5.41, 5.74) is 0. The van der Waals surface area contributed by atoms with Crippen LogP contribution >= 0.6 is 0 Å². The lowest BCUT2D eigenvalue weighted by Gasteiger charge is -2.26. The first-order valence-corrected chi connectivity index (χ1v) is 5.68. The summed E-state index contributed by atoms with van der Waals surface area (Å²) < 4.78 is 10.6. The molecular weight excluding hydrogens is 176 g/mol. The van der Waals surface area contributed by atoms with Crippen molar-refractivity contribution >= 4 is 16.7 Å². The van der Waals surface area contributed by atoms with Crippen molar-refractivity contribution in [1.82, 2.24) is 10.6 Å². The molecule has 70 valence electrons. The van der Waals surface area contributed by atoms with Crippen LogP contribution in [0, 0.1) is 5.92 Å². The summed E-state index contributed by atoms with van der Waals surface area (Å²) in [6.07, 6.45) is 1.53. The maximum absolute atomic E-state index is 11.0. The molecule has 1 saturated heterocycles. The summed E-state index contributed by atoms with van der Waals surface area (Å²) in [6, 6.07) is 0. The van der Waals surface area contributed by atoms with E-state index in [1.165, 1.54) is 6.26 Å². The van der Waals surface area contributed by atoms with E-state index >= 15 is 0 Å². The van der Waals surface area contributed by atoms with Crippen molar-refractivity contribution in [3.05, 3.63) is 0 Å². The minimum absolute atomic E-state index is 0.109. The molecule has 2 N–H and O–H groups in total. The average molecular weight is 190 g/mol. The molecule has 0 aromatic rings. The Bertz CT molecular complexity index is 192. The Labute approximate surface area is 74.6 Å². The molecule has 0 radical (unpaired) electrons. The summed E-state index contributed by atoms with van der Waals surface area (Å²) >= 11 is 0. The molecule has 1 aliphatic rings. The van der Waals surface area contributed by atoms with Gasteiger partial charge in [-0.2, -0.15) is 0 Å². The molecule has 0 spiro atoms. The van der Waals surface area contributed by atoms with Gasteiger partial charge in [0.1, 0.15) is 5.75 Å². The molecule has 1 unspecified atom stereocenters. The highest BCUT2D eigenvalue weighted by Gasteiger charge is 2.17. The Morgan fingerprint density at radius 3 is 2.75 bits per heavy atom. The quantitative estimate of drug-likeness (QED) is 0.579. The minimum Gasteiger partial charge on any atom is -0.355 e. The maximum atomic E-state index is 11.0. The van der Waals surface area contributed by atoms with E-state index in [1.807, 2.05) is 0 Å². The molecule has 4 nitrogen and oxygen atoms in total. The number of amides is 1. The van der Waals surface area contributed by atoms with Crippen LogP contribution in [-0.2, 0) is 15.6 Å².